The molecule has 0 spiro atoms. The van der Waals surface area contributed by atoms with Gasteiger partial charge in [0.1, 0.15) is 5.82 Å². The van der Waals surface area contributed by atoms with Crippen LogP contribution in [0.2, 0.25) is 0 Å². The van der Waals surface area contributed by atoms with Gasteiger partial charge in [-0.1, -0.05) is 12.1 Å². The van der Waals surface area contributed by atoms with E-state index in [1.807, 2.05) is 0 Å². The number of nitrogens with zero attached hydrogens (tertiary/aromatic N) is 2. The molecule has 0 radical (unpaired) electrons. The first-order valence-electron chi connectivity index (χ1n) is 7.08. The minimum Gasteiger partial charge on any atom is -0.464 e. The van der Waals surface area contributed by atoms with Crippen LogP contribution in [0, 0.1) is 12.7 Å². The van der Waals surface area contributed by atoms with Gasteiger partial charge in [0.2, 0.25) is 5.91 Å². The van der Waals surface area contributed by atoms with E-state index in [1.54, 1.807) is 26.1 Å². The normalized spacial score (nSPS) is 10.4. The van der Waals surface area contributed by atoms with Crippen LogP contribution in [0.4, 0.5) is 10.1 Å². The first-order valence-corrected chi connectivity index (χ1v) is 7.08. The second-order valence-electron chi connectivity index (χ2n) is 5.10. The molecule has 0 aliphatic rings. The van der Waals surface area contributed by atoms with E-state index >= 15 is 0 Å². The van der Waals surface area contributed by atoms with Crippen molar-refractivity contribution in [2.75, 3.05) is 12.4 Å². The summed E-state index contributed by atoms with van der Waals surface area (Å²) in [4.78, 5) is 23.8. The van der Waals surface area contributed by atoms with Gasteiger partial charge in [0.25, 0.3) is 0 Å². The summed E-state index contributed by atoms with van der Waals surface area (Å²) in [7, 11) is 2.93. The van der Waals surface area contributed by atoms with Crippen LogP contribution in [-0.2, 0) is 23.0 Å². The lowest BCUT2D eigenvalue weighted by molar-refractivity contribution is -0.116. The van der Waals surface area contributed by atoms with E-state index in [-0.39, 0.29) is 23.8 Å². The summed E-state index contributed by atoms with van der Waals surface area (Å²) < 4.78 is 19.0. The average Bonchev–Trinajstić information content (AvgIpc) is 2.82. The molecule has 0 aliphatic heterocycles. The van der Waals surface area contributed by atoms with Crippen LogP contribution in [0.15, 0.2) is 24.3 Å². The van der Waals surface area contributed by atoms with E-state index in [0.29, 0.717) is 17.8 Å². The van der Waals surface area contributed by atoms with Gasteiger partial charge >= 0.3 is 5.97 Å². The minimum absolute atomic E-state index is 0.0719. The number of hydrogen-bond donors (Lipinski definition) is 1. The minimum atomic E-state index is -0.609. The van der Waals surface area contributed by atoms with Gasteiger partial charge in [-0.25, -0.2) is 9.18 Å². The maximum absolute atomic E-state index is 12.8. The number of carbonyl (C=O) groups is 2. The Balaban J connectivity index is 2.05. The zero-order chi connectivity index (χ0) is 17.0. The van der Waals surface area contributed by atoms with Gasteiger partial charge < -0.3 is 10.1 Å². The Bertz CT molecular complexity index is 723. The number of methoxy groups -OCH3 is 1. The molecule has 2 aromatic rings. The van der Waals surface area contributed by atoms with Crippen molar-refractivity contribution in [2.24, 2.45) is 7.05 Å². The Kier molecular flexibility index (Phi) is 5.10. The Morgan fingerprint density at radius 2 is 1.96 bits per heavy atom. The number of aromatic nitrogens is 2. The SMILES string of the molecule is COC(=O)c1nn(C)c(C)c1NC(=O)CCc1ccc(F)cc1. The highest BCUT2D eigenvalue weighted by Gasteiger charge is 2.21. The van der Waals surface area contributed by atoms with Crippen LogP contribution in [0.25, 0.3) is 0 Å². The average molecular weight is 319 g/mol. The van der Waals surface area contributed by atoms with Crippen LogP contribution in [-0.4, -0.2) is 28.8 Å². The lowest BCUT2D eigenvalue weighted by Gasteiger charge is -2.06. The van der Waals surface area contributed by atoms with E-state index in [9.17, 15) is 14.0 Å². The fraction of sp³-hybridized carbons (Fsp3) is 0.312. The summed E-state index contributed by atoms with van der Waals surface area (Å²) in [6, 6.07) is 5.98. The fourth-order valence-electron chi connectivity index (χ4n) is 2.11. The molecule has 0 atom stereocenters. The van der Waals surface area contributed by atoms with Crippen molar-refractivity contribution in [3.8, 4) is 0 Å². The van der Waals surface area contributed by atoms with Gasteiger partial charge in [-0.15, -0.1) is 0 Å². The van der Waals surface area contributed by atoms with Crippen molar-refractivity contribution in [1.29, 1.82) is 0 Å². The number of ether oxygens (including phenoxy) is 1. The summed E-state index contributed by atoms with van der Waals surface area (Å²) in [5.74, 6) is -1.18. The first kappa shape index (κ1) is 16.7. The predicted molar refractivity (Wildman–Crippen MR) is 82.6 cm³/mol. The summed E-state index contributed by atoms with van der Waals surface area (Å²) in [5, 5.41) is 6.75. The maximum Gasteiger partial charge on any atom is 0.360 e. The van der Waals surface area contributed by atoms with Gasteiger partial charge in [-0.05, 0) is 31.0 Å². The van der Waals surface area contributed by atoms with Crippen molar-refractivity contribution >= 4 is 17.6 Å². The Labute approximate surface area is 133 Å². The molecule has 122 valence electrons. The van der Waals surface area contributed by atoms with E-state index in [1.165, 1.54) is 23.9 Å². The molecule has 0 fully saturated rings. The van der Waals surface area contributed by atoms with Gasteiger partial charge in [0.15, 0.2) is 5.69 Å². The zero-order valence-electron chi connectivity index (χ0n) is 13.2. The number of benzene rings is 1. The summed E-state index contributed by atoms with van der Waals surface area (Å²) in [6.07, 6.45) is 0.680. The largest absolute Gasteiger partial charge is 0.464 e. The lowest BCUT2D eigenvalue weighted by Crippen LogP contribution is -2.15. The van der Waals surface area contributed by atoms with Crippen molar-refractivity contribution < 1.29 is 18.7 Å². The molecule has 23 heavy (non-hydrogen) atoms. The van der Waals surface area contributed by atoms with Gasteiger partial charge in [0, 0.05) is 13.5 Å². The maximum atomic E-state index is 12.8. The monoisotopic (exact) mass is 319 g/mol. The van der Waals surface area contributed by atoms with Gasteiger partial charge in [-0.2, -0.15) is 5.10 Å². The molecule has 0 unspecified atom stereocenters. The molecule has 0 aliphatic carbocycles. The highest BCUT2D eigenvalue weighted by atomic mass is 19.1. The molecule has 1 aromatic carbocycles. The topological polar surface area (TPSA) is 73.2 Å². The first-order chi connectivity index (χ1) is 10.9. The highest BCUT2D eigenvalue weighted by molar-refractivity contribution is 6.00. The molecular weight excluding hydrogens is 301 g/mol. The Morgan fingerprint density at radius 3 is 2.57 bits per heavy atom. The van der Waals surface area contributed by atoms with Crippen molar-refractivity contribution in [2.45, 2.75) is 19.8 Å². The van der Waals surface area contributed by atoms with Crippen molar-refractivity contribution in [3.05, 3.63) is 47.0 Å². The number of amides is 1. The number of rotatable bonds is 5. The lowest BCUT2D eigenvalue weighted by atomic mass is 10.1. The molecule has 1 N–H and O–H groups in total. The molecule has 0 bridgehead atoms. The summed E-state index contributed by atoms with van der Waals surface area (Å²) in [5.41, 5.74) is 1.93. The van der Waals surface area contributed by atoms with Crippen LogP contribution in [0.1, 0.15) is 28.2 Å². The predicted octanol–water partition coefficient (Wildman–Crippen LogP) is 2.23. The number of anilines is 1. The Hall–Kier alpha value is -2.70. The molecule has 6 nitrogen and oxygen atoms in total. The highest BCUT2D eigenvalue weighted by Crippen LogP contribution is 2.20. The molecule has 7 heteroatoms. The third-order valence-corrected chi connectivity index (χ3v) is 3.53. The second kappa shape index (κ2) is 7.04. The molecule has 1 amide bonds. The van der Waals surface area contributed by atoms with Crippen LogP contribution >= 0.6 is 0 Å². The number of aryl methyl sites for hydroxylation is 2. The molecule has 0 saturated carbocycles. The van der Waals surface area contributed by atoms with Gasteiger partial charge in [-0.3, -0.25) is 9.48 Å². The molecule has 1 heterocycles. The molecule has 0 saturated heterocycles. The number of halogens is 1. The van der Waals surface area contributed by atoms with Crippen molar-refractivity contribution in [3.63, 3.8) is 0 Å². The Morgan fingerprint density at radius 1 is 1.30 bits per heavy atom. The third kappa shape index (κ3) is 3.94. The molecule has 2 rings (SSSR count). The quantitative estimate of drug-likeness (QED) is 0.858. The number of hydrogen-bond acceptors (Lipinski definition) is 4. The second-order valence-corrected chi connectivity index (χ2v) is 5.10. The number of carbonyl (C=O) groups excluding carboxylic acids is 2. The van der Waals surface area contributed by atoms with E-state index in [4.69, 9.17) is 0 Å². The third-order valence-electron chi connectivity index (χ3n) is 3.53. The van der Waals surface area contributed by atoms with Gasteiger partial charge in [0.05, 0.1) is 18.5 Å². The van der Waals surface area contributed by atoms with Crippen LogP contribution < -0.4 is 5.32 Å². The molecular formula is C16H18FN3O3. The molecule has 1 aromatic heterocycles. The summed E-state index contributed by atoms with van der Waals surface area (Å²) in [6.45, 7) is 1.75. The fourth-order valence-corrected chi connectivity index (χ4v) is 2.11. The van der Waals surface area contributed by atoms with Crippen molar-refractivity contribution in [1.82, 2.24) is 9.78 Å². The van der Waals surface area contributed by atoms with Crippen LogP contribution in [0.5, 0.6) is 0 Å². The van der Waals surface area contributed by atoms with E-state index in [0.717, 1.165) is 5.56 Å². The van der Waals surface area contributed by atoms with Crippen LogP contribution in [0.3, 0.4) is 0 Å². The summed E-state index contributed by atoms with van der Waals surface area (Å²) >= 11 is 0. The standard InChI is InChI=1S/C16H18FN3O3/c1-10-14(15(16(22)23-3)19-20(10)2)18-13(21)9-6-11-4-7-12(17)8-5-11/h4-5,7-8H,6,9H2,1-3H3,(H,18,21). The van der Waals surface area contributed by atoms with E-state index in [2.05, 4.69) is 15.2 Å². The smallest absolute Gasteiger partial charge is 0.360 e. The number of nitrogens with one attached hydrogen (secondary N) is 1. The van der Waals surface area contributed by atoms with E-state index < -0.39 is 5.97 Å². The zero-order valence-corrected chi connectivity index (χ0v) is 13.2. The number of esters is 1.